The predicted octanol–water partition coefficient (Wildman–Crippen LogP) is 6.18. The van der Waals surface area contributed by atoms with Gasteiger partial charge in [-0.1, -0.05) is 12.1 Å². The van der Waals surface area contributed by atoms with Crippen molar-refractivity contribution in [2.75, 3.05) is 13.1 Å². The number of hydrogen-bond acceptors (Lipinski definition) is 3. The number of benzene rings is 1. The van der Waals surface area contributed by atoms with Crippen LogP contribution in [0.15, 0.2) is 29.8 Å². The predicted molar refractivity (Wildman–Crippen MR) is 111 cm³/mol. The first-order valence-corrected chi connectivity index (χ1v) is 10.6. The molecule has 0 radical (unpaired) electrons. The van der Waals surface area contributed by atoms with Gasteiger partial charge < -0.3 is 14.5 Å². The molecule has 1 aromatic rings. The van der Waals surface area contributed by atoms with Gasteiger partial charge in [0.25, 0.3) is 5.92 Å². The van der Waals surface area contributed by atoms with Gasteiger partial charge in [0.15, 0.2) is 0 Å². The minimum atomic E-state index is -4.48. The zero-order chi connectivity index (χ0) is 24.1. The van der Waals surface area contributed by atoms with Crippen molar-refractivity contribution in [2.24, 2.45) is 0 Å². The van der Waals surface area contributed by atoms with E-state index in [1.807, 2.05) is 18.7 Å². The summed E-state index contributed by atoms with van der Waals surface area (Å²) < 4.78 is 71.8. The molecule has 4 nitrogen and oxygen atoms in total. The summed E-state index contributed by atoms with van der Waals surface area (Å²) in [5, 5.41) is 0. The van der Waals surface area contributed by atoms with E-state index in [1.165, 1.54) is 12.1 Å². The highest BCUT2D eigenvalue weighted by Crippen LogP contribution is 2.47. The van der Waals surface area contributed by atoms with Crippen LogP contribution in [0.2, 0.25) is 0 Å². The lowest BCUT2D eigenvalue weighted by Crippen LogP contribution is -2.58. The summed E-state index contributed by atoms with van der Waals surface area (Å²) in [4.78, 5) is 16.1. The first-order chi connectivity index (χ1) is 14.6. The summed E-state index contributed by atoms with van der Waals surface area (Å²) in [5.74, 6) is -2.81. The maximum atomic E-state index is 13.7. The Morgan fingerprint density at radius 1 is 0.969 bits per heavy atom. The topological polar surface area (TPSA) is 32.8 Å². The summed E-state index contributed by atoms with van der Waals surface area (Å²) in [6, 6.07) is 4.10. The number of allylic oxidation sites excluding steroid dienone is 1. The Labute approximate surface area is 185 Å². The fraction of sp³-hybridized carbons (Fsp3) is 0.609. The van der Waals surface area contributed by atoms with Crippen LogP contribution in [0.25, 0.3) is 5.70 Å². The van der Waals surface area contributed by atoms with Crippen molar-refractivity contribution in [3.8, 4) is 0 Å². The standard InChI is InChI=1S/C23H29F5N2O2/c1-14-13-30(20(31)32-21(3,4)5)15(2)12-29(14)19(17-10-22(24,25)11-17)16-6-8-18(9-7-16)23(26,27)28/h6-9,14-15H,10-13H2,1-5H3/t14-,15+/m1/s1. The average molecular weight is 460 g/mol. The molecule has 1 aliphatic carbocycles. The van der Waals surface area contributed by atoms with E-state index in [4.69, 9.17) is 4.74 Å². The van der Waals surface area contributed by atoms with Gasteiger partial charge in [-0.15, -0.1) is 0 Å². The minimum Gasteiger partial charge on any atom is -0.444 e. The van der Waals surface area contributed by atoms with E-state index in [9.17, 15) is 26.7 Å². The van der Waals surface area contributed by atoms with Gasteiger partial charge in [0.2, 0.25) is 0 Å². The molecule has 32 heavy (non-hydrogen) atoms. The lowest BCUT2D eigenvalue weighted by Gasteiger charge is -2.48. The molecule has 1 saturated carbocycles. The minimum absolute atomic E-state index is 0.238. The number of halogens is 5. The first kappa shape index (κ1) is 24.3. The molecule has 1 saturated heterocycles. The maximum Gasteiger partial charge on any atom is 0.416 e. The molecule has 9 heteroatoms. The Hall–Kier alpha value is -2.32. The third-order valence-electron chi connectivity index (χ3n) is 5.67. The molecule has 1 heterocycles. The zero-order valence-electron chi connectivity index (χ0n) is 18.9. The molecule has 1 aromatic carbocycles. The molecular formula is C23H29F5N2O2. The smallest absolute Gasteiger partial charge is 0.416 e. The van der Waals surface area contributed by atoms with Crippen LogP contribution in [0.5, 0.6) is 0 Å². The second kappa shape index (κ2) is 8.23. The number of carbonyl (C=O) groups excluding carboxylic acids is 1. The van der Waals surface area contributed by atoms with Crippen LogP contribution >= 0.6 is 0 Å². The van der Waals surface area contributed by atoms with Crippen LogP contribution in [0, 0.1) is 0 Å². The molecule has 1 amide bonds. The quantitative estimate of drug-likeness (QED) is 0.495. The van der Waals surface area contributed by atoms with E-state index < -0.39 is 42.2 Å². The van der Waals surface area contributed by atoms with Crippen molar-refractivity contribution in [1.29, 1.82) is 0 Å². The molecule has 0 N–H and O–H groups in total. The highest BCUT2D eigenvalue weighted by molar-refractivity contribution is 5.71. The monoisotopic (exact) mass is 460 g/mol. The fourth-order valence-electron chi connectivity index (χ4n) is 4.14. The SMILES string of the molecule is C[C@@H]1CN(C(=O)OC(C)(C)C)[C@@H](C)CN1C(=C1CC(F)(F)C1)c1ccc(C(F)(F)F)cc1. The third kappa shape index (κ3) is 5.35. The van der Waals surface area contributed by atoms with Gasteiger partial charge in [-0.3, -0.25) is 0 Å². The Morgan fingerprint density at radius 2 is 1.47 bits per heavy atom. The van der Waals surface area contributed by atoms with Gasteiger partial charge in [0.1, 0.15) is 5.60 Å². The second-order valence-electron chi connectivity index (χ2n) is 9.72. The summed E-state index contributed by atoms with van der Waals surface area (Å²) >= 11 is 0. The number of alkyl halides is 5. The van der Waals surface area contributed by atoms with Crippen LogP contribution in [0.1, 0.15) is 58.6 Å². The number of rotatable bonds is 2. The van der Waals surface area contributed by atoms with Crippen molar-refractivity contribution < 1.29 is 31.5 Å². The van der Waals surface area contributed by atoms with Crippen LogP contribution in [-0.4, -0.2) is 52.6 Å². The number of amides is 1. The van der Waals surface area contributed by atoms with Gasteiger partial charge in [-0.05, 0) is 57.9 Å². The largest absolute Gasteiger partial charge is 0.444 e. The van der Waals surface area contributed by atoms with E-state index in [-0.39, 0.29) is 12.1 Å². The summed E-state index contributed by atoms with van der Waals surface area (Å²) in [7, 11) is 0. The second-order valence-corrected chi connectivity index (χ2v) is 9.72. The number of nitrogens with zero attached hydrogens (tertiary/aromatic N) is 2. The first-order valence-electron chi connectivity index (χ1n) is 10.6. The molecule has 0 unspecified atom stereocenters. The normalized spacial score (nSPS) is 23.6. The Bertz CT molecular complexity index is 877. The summed E-state index contributed by atoms with van der Waals surface area (Å²) in [5.41, 5.74) is 0.0727. The van der Waals surface area contributed by atoms with Crippen molar-refractivity contribution in [3.63, 3.8) is 0 Å². The van der Waals surface area contributed by atoms with Crippen LogP contribution in [-0.2, 0) is 10.9 Å². The van der Waals surface area contributed by atoms with E-state index in [2.05, 4.69) is 0 Å². The molecule has 2 fully saturated rings. The average Bonchev–Trinajstić information content (AvgIpc) is 2.61. The molecular weight excluding hydrogens is 431 g/mol. The van der Waals surface area contributed by atoms with Crippen LogP contribution < -0.4 is 0 Å². The van der Waals surface area contributed by atoms with E-state index in [0.29, 0.717) is 29.9 Å². The van der Waals surface area contributed by atoms with E-state index in [1.54, 1.807) is 25.7 Å². The Morgan fingerprint density at radius 3 is 1.94 bits per heavy atom. The molecule has 0 bridgehead atoms. The number of hydrogen-bond donors (Lipinski definition) is 0. The lowest BCUT2D eigenvalue weighted by atomic mass is 9.83. The van der Waals surface area contributed by atoms with Gasteiger partial charge in [0.05, 0.1) is 5.56 Å². The van der Waals surface area contributed by atoms with Crippen molar-refractivity contribution >= 4 is 11.8 Å². The van der Waals surface area contributed by atoms with E-state index in [0.717, 1.165) is 12.1 Å². The van der Waals surface area contributed by atoms with Crippen molar-refractivity contribution in [3.05, 3.63) is 41.0 Å². The van der Waals surface area contributed by atoms with Gasteiger partial charge >= 0.3 is 12.3 Å². The van der Waals surface area contributed by atoms with Crippen molar-refractivity contribution in [2.45, 2.75) is 77.2 Å². The maximum absolute atomic E-state index is 13.7. The van der Waals surface area contributed by atoms with E-state index >= 15 is 0 Å². The lowest BCUT2D eigenvalue weighted by molar-refractivity contribution is -0.137. The molecule has 178 valence electrons. The Kier molecular flexibility index (Phi) is 6.25. The summed E-state index contributed by atoms with van der Waals surface area (Å²) in [6.45, 7) is 9.70. The van der Waals surface area contributed by atoms with Crippen LogP contribution in [0.4, 0.5) is 26.7 Å². The molecule has 2 atom stereocenters. The van der Waals surface area contributed by atoms with Crippen LogP contribution in [0.3, 0.4) is 0 Å². The zero-order valence-corrected chi connectivity index (χ0v) is 18.9. The number of piperazine rings is 1. The molecule has 0 spiro atoms. The number of carbonyl (C=O) groups is 1. The molecule has 1 aliphatic heterocycles. The molecule has 0 aromatic heterocycles. The van der Waals surface area contributed by atoms with Crippen molar-refractivity contribution in [1.82, 2.24) is 9.80 Å². The van der Waals surface area contributed by atoms with Gasteiger partial charge in [-0.25, -0.2) is 13.6 Å². The number of ether oxygens (including phenoxy) is 1. The molecule has 3 rings (SSSR count). The Balaban J connectivity index is 1.90. The summed E-state index contributed by atoms with van der Waals surface area (Å²) in [6.07, 6.45) is -5.76. The fourth-order valence-corrected chi connectivity index (χ4v) is 4.14. The molecule has 2 aliphatic rings. The third-order valence-corrected chi connectivity index (χ3v) is 5.67. The van der Waals surface area contributed by atoms with Gasteiger partial charge in [-0.2, -0.15) is 13.2 Å². The highest BCUT2D eigenvalue weighted by Gasteiger charge is 2.45. The highest BCUT2D eigenvalue weighted by atomic mass is 19.4. The van der Waals surface area contributed by atoms with Gasteiger partial charge in [0, 0.05) is 43.7 Å².